The van der Waals surface area contributed by atoms with Crippen LogP contribution in [-0.4, -0.2) is 46.1 Å². The molecule has 0 bridgehead atoms. The number of amides is 1. The number of aromatic nitrogens is 2. The topological polar surface area (TPSA) is 55.3 Å². The van der Waals surface area contributed by atoms with Gasteiger partial charge in [-0.05, 0) is 31.4 Å². The average molecular weight is 357 g/mol. The van der Waals surface area contributed by atoms with Crippen molar-refractivity contribution in [1.82, 2.24) is 14.9 Å². The zero-order chi connectivity index (χ0) is 17.1. The highest BCUT2D eigenvalue weighted by Crippen LogP contribution is 2.29. The molecular weight excluding hydrogens is 334 g/mol. The lowest BCUT2D eigenvalue weighted by atomic mass is 9.90. The first kappa shape index (κ1) is 16.7. The van der Waals surface area contributed by atoms with Crippen LogP contribution in [0.4, 0.5) is 0 Å². The number of thiazole rings is 1. The number of fused-ring (bicyclic) bond motifs is 1. The molecule has 5 nitrogen and oxygen atoms in total. The Labute approximate surface area is 152 Å². The van der Waals surface area contributed by atoms with Gasteiger partial charge >= 0.3 is 0 Å². The number of carbonyl (C=O) groups is 1. The number of aryl methyl sites for hydroxylation is 1. The van der Waals surface area contributed by atoms with E-state index in [9.17, 15) is 4.79 Å². The van der Waals surface area contributed by atoms with E-state index in [-0.39, 0.29) is 18.1 Å². The van der Waals surface area contributed by atoms with Crippen LogP contribution in [0.15, 0.2) is 29.9 Å². The molecule has 6 heteroatoms. The van der Waals surface area contributed by atoms with Crippen LogP contribution in [0.1, 0.15) is 37.8 Å². The molecule has 1 amide bonds. The standard InChI is InChI=1S/C19H23N3O2S/c23-18(22-10-11-24-17-6-2-1-5-16(17)22)8-7-15-13-25-19(21-15)14-4-3-9-20-12-14/h3-4,9,12-13,16-17H,1-2,5-8,10-11H2. The van der Waals surface area contributed by atoms with Gasteiger partial charge in [0.05, 0.1) is 24.4 Å². The van der Waals surface area contributed by atoms with Gasteiger partial charge in [0.15, 0.2) is 0 Å². The van der Waals surface area contributed by atoms with Gasteiger partial charge in [0.1, 0.15) is 5.01 Å². The van der Waals surface area contributed by atoms with Crippen molar-refractivity contribution in [3.63, 3.8) is 0 Å². The molecule has 2 atom stereocenters. The Morgan fingerprint density at radius 1 is 1.36 bits per heavy atom. The molecule has 2 unspecified atom stereocenters. The summed E-state index contributed by atoms with van der Waals surface area (Å²) in [6.07, 6.45) is 9.66. The van der Waals surface area contributed by atoms with E-state index in [2.05, 4.69) is 20.2 Å². The minimum Gasteiger partial charge on any atom is -0.374 e. The van der Waals surface area contributed by atoms with Crippen molar-refractivity contribution in [2.75, 3.05) is 13.2 Å². The van der Waals surface area contributed by atoms with Crippen LogP contribution < -0.4 is 0 Å². The number of rotatable bonds is 4. The summed E-state index contributed by atoms with van der Waals surface area (Å²) in [5.74, 6) is 0.246. The monoisotopic (exact) mass is 357 g/mol. The maximum Gasteiger partial charge on any atom is 0.223 e. The molecule has 2 aromatic rings. The fourth-order valence-electron chi connectivity index (χ4n) is 3.83. The third-order valence-electron chi connectivity index (χ3n) is 5.11. The van der Waals surface area contributed by atoms with Crippen molar-refractivity contribution in [2.24, 2.45) is 0 Å². The summed E-state index contributed by atoms with van der Waals surface area (Å²) in [4.78, 5) is 23.6. The van der Waals surface area contributed by atoms with Gasteiger partial charge in [0.25, 0.3) is 0 Å². The van der Waals surface area contributed by atoms with E-state index in [1.165, 1.54) is 12.8 Å². The van der Waals surface area contributed by atoms with Crippen LogP contribution in [0.2, 0.25) is 0 Å². The fraction of sp³-hybridized carbons (Fsp3) is 0.526. The average Bonchev–Trinajstić information content (AvgIpc) is 3.15. The SMILES string of the molecule is O=C(CCc1csc(-c2cccnc2)n1)N1CCOC2CCCCC21. The van der Waals surface area contributed by atoms with E-state index in [0.29, 0.717) is 19.4 Å². The maximum absolute atomic E-state index is 12.7. The first-order valence-electron chi connectivity index (χ1n) is 9.07. The molecule has 1 saturated heterocycles. The van der Waals surface area contributed by atoms with E-state index in [0.717, 1.165) is 35.7 Å². The second kappa shape index (κ2) is 7.62. The van der Waals surface area contributed by atoms with Gasteiger partial charge in [0, 0.05) is 36.3 Å². The van der Waals surface area contributed by atoms with Gasteiger partial charge in [-0.15, -0.1) is 11.3 Å². The Balaban J connectivity index is 1.36. The number of carbonyl (C=O) groups excluding carboxylic acids is 1. The smallest absolute Gasteiger partial charge is 0.223 e. The quantitative estimate of drug-likeness (QED) is 0.842. The molecule has 3 heterocycles. The van der Waals surface area contributed by atoms with Gasteiger partial charge in [-0.25, -0.2) is 4.98 Å². The summed E-state index contributed by atoms with van der Waals surface area (Å²) >= 11 is 1.61. The van der Waals surface area contributed by atoms with Gasteiger partial charge in [-0.1, -0.05) is 12.8 Å². The summed E-state index contributed by atoms with van der Waals surface area (Å²) in [7, 11) is 0. The molecule has 2 aromatic heterocycles. The minimum absolute atomic E-state index is 0.246. The number of morpholine rings is 1. The van der Waals surface area contributed by atoms with Crippen LogP contribution in [0.25, 0.3) is 10.6 Å². The molecule has 0 radical (unpaired) electrons. The van der Waals surface area contributed by atoms with Crippen molar-refractivity contribution in [3.05, 3.63) is 35.6 Å². The zero-order valence-corrected chi connectivity index (χ0v) is 15.1. The van der Waals surface area contributed by atoms with Crippen molar-refractivity contribution in [3.8, 4) is 10.6 Å². The molecule has 25 heavy (non-hydrogen) atoms. The second-order valence-electron chi connectivity index (χ2n) is 6.73. The normalized spacial score (nSPS) is 23.3. The lowest BCUT2D eigenvalue weighted by molar-refractivity contribution is -0.149. The summed E-state index contributed by atoms with van der Waals surface area (Å²) in [6.45, 7) is 1.41. The zero-order valence-electron chi connectivity index (χ0n) is 14.3. The number of hydrogen-bond acceptors (Lipinski definition) is 5. The first-order valence-corrected chi connectivity index (χ1v) is 9.95. The third kappa shape index (κ3) is 3.75. The molecule has 0 aromatic carbocycles. The van der Waals surface area contributed by atoms with Crippen LogP contribution >= 0.6 is 11.3 Å². The van der Waals surface area contributed by atoms with E-state index < -0.39 is 0 Å². The molecule has 4 rings (SSSR count). The van der Waals surface area contributed by atoms with E-state index in [1.807, 2.05) is 18.3 Å². The summed E-state index contributed by atoms with van der Waals surface area (Å²) in [5, 5.41) is 3.02. The lowest BCUT2D eigenvalue weighted by Crippen LogP contribution is -2.54. The molecule has 1 aliphatic heterocycles. The van der Waals surface area contributed by atoms with Gasteiger partial charge in [-0.3, -0.25) is 9.78 Å². The molecular formula is C19H23N3O2S. The molecule has 0 spiro atoms. The second-order valence-corrected chi connectivity index (χ2v) is 7.59. The Bertz CT molecular complexity index is 716. The van der Waals surface area contributed by atoms with Crippen LogP contribution in [0.5, 0.6) is 0 Å². The predicted octanol–water partition coefficient (Wildman–Crippen LogP) is 3.31. The largest absolute Gasteiger partial charge is 0.374 e. The minimum atomic E-state index is 0.246. The Morgan fingerprint density at radius 2 is 2.28 bits per heavy atom. The van der Waals surface area contributed by atoms with E-state index >= 15 is 0 Å². The van der Waals surface area contributed by atoms with E-state index in [1.54, 1.807) is 17.5 Å². The molecule has 2 fully saturated rings. The van der Waals surface area contributed by atoms with Crippen molar-refractivity contribution in [2.45, 2.75) is 50.7 Å². The fourth-order valence-corrected chi connectivity index (χ4v) is 4.67. The predicted molar refractivity (Wildman–Crippen MR) is 97.4 cm³/mol. The highest BCUT2D eigenvalue weighted by molar-refractivity contribution is 7.13. The Morgan fingerprint density at radius 3 is 3.16 bits per heavy atom. The van der Waals surface area contributed by atoms with Gasteiger partial charge in [0.2, 0.25) is 5.91 Å². The molecule has 132 valence electrons. The van der Waals surface area contributed by atoms with Crippen LogP contribution in [-0.2, 0) is 16.0 Å². The first-order chi connectivity index (χ1) is 12.3. The molecule has 1 saturated carbocycles. The highest BCUT2D eigenvalue weighted by Gasteiger charge is 2.36. The lowest BCUT2D eigenvalue weighted by Gasteiger charge is -2.43. The number of pyridine rings is 1. The van der Waals surface area contributed by atoms with Crippen molar-refractivity contribution in [1.29, 1.82) is 0 Å². The van der Waals surface area contributed by atoms with Gasteiger partial charge in [-0.2, -0.15) is 0 Å². The Kier molecular flexibility index (Phi) is 5.08. The number of nitrogens with zero attached hydrogens (tertiary/aromatic N) is 3. The number of ether oxygens (including phenoxy) is 1. The van der Waals surface area contributed by atoms with Crippen molar-refractivity contribution < 1.29 is 9.53 Å². The summed E-state index contributed by atoms with van der Waals surface area (Å²) < 4.78 is 5.87. The number of hydrogen-bond donors (Lipinski definition) is 0. The maximum atomic E-state index is 12.7. The Hall–Kier alpha value is -1.79. The molecule has 2 aliphatic rings. The van der Waals surface area contributed by atoms with Crippen LogP contribution in [0.3, 0.4) is 0 Å². The van der Waals surface area contributed by atoms with Gasteiger partial charge < -0.3 is 9.64 Å². The summed E-state index contributed by atoms with van der Waals surface area (Å²) in [5.41, 5.74) is 2.02. The summed E-state index contributed by atoms with van der Waals surface area (Å²) in [6, 6.07) is 4.22. The van der Waals surface area contributed by atoms with E-state index in [4.69, 9.17) is 4.74 Å². The molecule has 1 aliphatic carbocycles. The van der Waals surface area contributed by atoms with Crippen molar-refractivity contribution >= 4 is 17.2 Å². The van der Waals surface area contributed by atoms with Crippen LogP contribution in [0, 0.1) is 0 Å². The molecule has 0 N–H and O–H groups in total. The highest BCUT2D eigenvalue weighted by atomic mass is 32.1. The third-order valence-corrected chi connectivity index (χ3v) is 6.05.